The van der Waals surface area contributed by atoms with Crippen LogP contribution in [0.25, 0.3) is 0 Å². The average molecular weight is 352 g/mol. The third kappa shape index (κ3) is 5.24. The lowest BCUT2D eigenvalue weighted by Gasteiger charge is -2.14. The topological polar surface area (TPSA) is 64.6 Å². The van der Waals surface area contributed by atoms with E-state index in [2.05, 4.69) is 5.32 Å². The summed E-state index contributed by atoms with van der Waals surface area (Å²) in [5.74, 6) is -1.27. The minimum absolute atomic E-state index is 0.0513. The Morgan fingerprint density at radius 3 is 2.58 bits per heavy atom. The molecule has 0 aliphatic heterocycles. The maximum atomic E-state index is 12.9. The van der Waals surface area contributed by atoms with Gasteiger partial charge in [0.25, 0.3) is 5.91 Å². The summed E-state index contributed by atoms with van der Waals surface area (Å²) in [6, 6.07) is 12.3. The van der Waals surface area contributed by atoms with Gasteiger partial charge in [0, 0.05) is 0 Å². The van der Waals surface area contributed by atoms with Crippen molar-refractivity contribution in [1.29, 1.82) is 0 Å². The number of halogens is 2. The first-order chi connectivity index (χ1) is 11.5. The first-order valence-corrected chi connectivity index (χ1v) is 7.47. The molecule has 1 atom stereocenters. The van der Waals surface area contributed by atoms with Gasteiger partial charge < -0.3 is 14.8 Å². The van der Waals surface area contributed by atoms with Crippen molar-refractivity contribution in [1.82, 2.24) is 0 Å². The summed E-state index contributed by atoms with van der Waals surface area (Å²) < 4.78 is 23.2. The molecule has 24 heavy (non-hydrogen) atoms. The van der Waals surface area contributed by atoms with Crippen LogP contribution in [0.1, 0.15) is 6.92 Å². The molecule has 5 nitrogen and oxygen atoms in total. The zero-order valence-electron chi connectivity index (χ0n) is 12.8. The Hall–Kier alpha value is -2.60. The molecule has 0 radical (unpaired) electrons. The van der Waals surface area contributed by atoms with Gasteiger partial charge in [-0.25, -0.2) is 9.18 Å². The molecule has 1 N–H and O–H groups in total. The molecule has 0 aliphatic rings. The number of nitrogens with one attached hydrogen (secondary N) is 1. The van der Waals surface area contributed by atoms with Crippen LogP contribution >= 0.6 is 11.6 Å². The summed E-state index contributed by atoms with van der Waals surface area (Å²) in [6.45, 7) is 1.01. The summed E-state index contributed by atoms with van der Waals surface area (Å²) >= 11 is 5.79. The second-order valence-electron chi connectivity index (χ2n) is 4.85. The second-order valence-corrected chi connectivity index (χ2v) is 5.26. The highest BCUT2D eigenvalue weighted by molar-refractivity contribution is 6.33. The molecule has 7 heteroatoms. The maximum absolute atomic E-state index is 12.9. The van der Waals surface area contributed by atoms with E-state index in [1.54, 1.807) is 24.3 Å². The molecule has 0 aromatic heterocycles. The van der Waals surface area contributed by atoms with Crippen LogP contribution in [-0.2, 0) is 14.3 Å². The van der Waals surface area contributed by atoms with Gasteiger partial charge in [0.05, 0.1) is 10.7 Å². The van der Waals surface area contributed by atoms with E-state index in [9.17, 15) is 14.0 Å². The lowest BCUT2D eigenvalue weighted by molar-refractivity contribution is -0.153. The number of rotatable bonds is 6. The van der Waals surface area contributed by atoms with Crippen LogP contribution in [0.5, 0.6) is 5.75 Å². The van der Waals surface area contributed by atoms with Crippen LogP contribution in [-0.4, -0.2) is 24.6 Å². The van der Waals surface area contributed by atoms with Crippen molar-refractivity contribution in [3.05, 3.63) is 59.4 Å². The normalized spacial score (nSPS) is 11.5. The quantitative estimate of drug-likeness (QED) is 0.810. The fraction of sp³-hybridized carbons (Fsp3) is 0.176. The monoisotopic (exact) mass is 351 g/mol. The van der Waals surface area contributed by atoms with Gasteiger partial charge in [-0.1, -0.05) is 29.8 Å². The van der Waals surface area contributed by atoms with E-state index < -0.39 is 30.4 Å². The minimum atomic E-state index is -0.866. The van der Waals surface area contributed by atoms with Crippen molar-refractivity contribution in [2.75, 3.05) is 11.9 Å². The Bertz CT molecular complexity index is 724. The molecule has 2 aromatic carbocycles. The van der Waals surface area contributed by atoms with Gasteiger partial charge in [0.15, 0.2) is 12.7 Å². The number of para-hydroxylation sites is 1. The number of amides is 1. The Morgan fingerprint density at radius 1 is 1.21 bits per heavy atom. The summed E-state index contributed by atoms with van der Waals surface area (Å²) in [5.41, 5.74) is 0.229. The van der Waals surface area contributed by atoms with Crippen molar-refractivity contribution in [2.45, 2.75) is 13.0 Å². The summed E-state index contributed by atoms with van der Waals surface area (Å²) in [4.78, 5) is 23.6. The minimum Gasteiger partial charge on any atom is -0.479 e. The maximum Gasteiger partial charge on any atom is 0.347 e. The van der Waals surface area contributed by atoms with Gasteiger partial charge >= 0.3 is 5.97 Å². The molecule has 0 spiro atoms. The Balaban J connectivity index is 1.81. The van der Waals surface area contributed by atoms with Crippen LogP contribution in [0.4, 0.5) is 10.1 Å². The Kier molecular flexibility index (Phi) is 6.14. The zero-order valence-corrected chi connectivity index (χ0v) is 13.5. The van der Waals surface area contributed by atoms with Gasteiger partial charge in [0.2, 0.25) is 0 Å². The van der Waals surface area contributed by atoms with Gasteiger partial charge in [-0.2, -0.15) is 0 Å². The largest absolute Gasteiger partial charge is 0.479 e. The molecule has 0 saturated carbocycles. The molecule has 0 bridgehead atoms. The third-order valence-corrected chi connectivity index (χ3v) is 3.25. The van der Waals surface area contributed by atoms with E-state index in [4.69, 9.17) is 21.1 Å². The van der Waals surface area contributed by atoms with Gasteiger partial charge in [-0.3, -0.25) is 4.79 Å². The summed E-state index contributed by atoms with van der Waals surface area (Å²) in [6.07, 6.45) is -0.866. The molecule has 0 saturated heterocycles. The molecular formula is C17H15ClFNO4. The Morgan fingerprint density at radius 2 is 1.92 bits per heavy atom. The van der Waals surface area contributed by atoms with Gasteiger partial charge in [-0.15, -0.1) is 0 Å². The van der Waals surface area contributed by atoms with Crippen molar-refractivity contribution < 1.29 is 23.5 Å². The van der Waals surface area contributed by atoms with Crippen molar-refractivity contribution in [3.63, 3.8) is 0 Å². The molecule has 126 valence electrons. The van der Waals surface area contributed by atoms with E-state index in [0.29, 0.717) is 5.75 Å². The Labute approximate surface area is 143 Å². The van der Waals surface area contributed by atoms with Crippen LogP contribution in [0, 0.1) is 5.82 Å². The number of carbonyl (C=O) groups excluding carboxylic acids is 2. The van der Waals surface area contributed by atoms with Crippen LogP contribution < -0.4 is 10.1 Å². The molecule has 1 amide bonds. The fourth-order valence-corrected chi connectivity index (χ4v) is 2.00. The van der Waals surface area contributed by atoms with Gasteiger partial charge in [-0.05, 0) is 37.3 Å². The van der Waals surface area contributed by atoms with E-state index >= 15 is 0 Å². The van der Waals surface area contributed by atoms with E-state index in [-0.39, 0.29) is 10.7 Å². The van der Waals surface area contributed by atoms with Crippen molar-refractivity contribution in [2.24, 2.45) is 0 Å². The number of hydrogen-bond donors (Lipinski definition) is 1. The van der Waals surface area contributed by atoms with Crippen molar-refractivity contribution >= 4 is 29.2 Å². The fourth-order valence-electron chi connectivity index (χ4n) is 1.78. The number of anilines is 1. The van der Waals surface area contributed by atoms with Crippen LogP contribution in [0.2, 0.25) is 5.02 Å². The number of hydrogen-bond acceptors (Lipinski definition) is 4. The van der Waals surface area contributed by atoms with E-state index in [1.165, 1.54) is 13.0 Å². The summed E-state index contributed by atoms with van der Waals surface area (Å²) in [7, 11) is 0. The molecule has 2 rings (SSSR count). The molecule has 0 aliphatic carbocycles. The number of benzene rings is 2. The highest BCUT2D eigenvalue weighted by atomic mass is 35.5. The standard InChI is InChI=1S/C17H15ClFNO4/c1-11(24-13-5-3-2-4-6-13)17(22)23-10-16(21)20-15-8-7-12(19)9-14(15)18/h2-9,11H,10H2,1H3,(H,20,21)/t11-/m1/s1. The lowest BCUT2D eigenvalue weighted by atomic mass is 10.3. The molecule has 2 aromatic rings. The number of esters is 1. The van der Waals surface area contributed by atoms with E-state index in [0.717, 1.165) is 12.1 Å². The van der Waals surface area contributed by atoms with Gasteiger partial charge in [0.1, 0.15) is 11.6 Å². The number of carbonyl (C=O) groups is 2. The summed E-state index contributed by atoms with van der Waals surface area (Å²) in [5, 5.41) is 2.48. The molecular weight excluding hydrogens is 337 g/mol. The molecule has 0 fully saturated rings. The van der Waals surface area contributed by atoms with Crippen LogP contribution in [0.15, 0.2) is 48.5 Å². The average Bonchev–Trinajstić information content (AvgIpc) is 2.56. The van der Waals surface area contributed by atoms with Crippen molar-refractivity contribution in [3.8, 4) is 5.75 Å². The van der Waals surface area contributed by atoms with Crippen LogP contribution in [0.3, 0.4) is 0 Å². The number of ether oxygens (including phenoxy) is 2. The first-order valence-electron chi connectivity index (χ1n) is 7.09. The lowest BCUT2D eigenvalue weighted by Crippen LogP contribution is -2.29. The predicted octanol–water partition coefficient (Wildman–Crippen LogP) is 3.43. The molecule has 0 unspecified atom stereocenters. The zero-order chi connectivity index (χ0) is 17.5. The third-order valence-electron chi connectivity index (χ3n) is 2.94. The highest BCUT2D eigenvalue weighted by Gasteiger charge is 2.18. The highest BCUT2D eigenvalue weighted by Crippen LogP contribution is 2.22. The van der Waals surface area contributed by atoms with E-state index in [1.807, 2.05) is 6.07 Å². The second kappa shape index (κ2) is 8.31. The smallest absolute Gasteiger partial charge is 0.347 e. The molecule has 0 heterocycles. The predicted molar refractivity (Wildman–Crippen MR) is 87.5 cm³/mol. The SMILES string of the molecule is C[C@@H](Oc1ccccc1)C(=O)OCC(=O)Nc1ccc(F)cc1Cl. The first kappa shape index (κ1) is 17.7.